The van der Waals surface area contributed by atoms with E-state index in [9.17, 15) is 14.4 Å². The maximum atomic E-state index is 11.0. The van der Waals surface area contributed by atoms with E-state index in [1.54, 1.807) is 0 Å². The SMILES string of the molecule is CC(O)CC(=O)N[C@@H](CC(=O)O)C(=O)O. The summed E-state index contributed by atoms with van der Waals surface area (Å²) >= 11 is 0. The Kier molecular flexibility index (Phi) is 5.32. The van der Waals surface area contributed by atoms with Gasteiger partial charge in [-0.15, -0.1) is 0 Å². The summed E-state index contributed by atoms with van der Waals surface area (Å²) in [6.45, 7) is 1.37. The van der Waals surface area contributed by atoms with Gasteiger partial charge in [0.05, 0.1) is 18.9 Å². The average molecular weight is 219 g/mol. The molecular weight excluding hydrogens is 206 g/mol. The van der Waals surface area contributed by atoms with Gasteiger partial charge in [0.2, 0.25) is 5.91 Å². The van der Waals surface area contributed by atoms with E-state index < -0.39 is 36.4 Å². The summed E-state index contributed by atoms with van der Waals surface area (Å²) in [4.78, 5) is 31.8. The van der Waals surface area contributed by atoms with Crippen molar-refractivity contribution < 1.29 is 29.7 Å². The number of amides is 1. The van der Waals surface area contributed by atoms with Crippen LogP contribution in [0, 0.1) is 0 Å². The average Bonchev–Trinajstić information content (AvgIpc) is 1.99. The number of carbonyl (C=O) groups excluding carboxylic acids is 1. The number of rotatable bonds is 6. The van der Waals surface area contributed by atoms with Gasteiger partial charge in [0.1, 0.15) is 6.04 Å². The van der Waals surface area contributed by atoms with Crippen LogP contribution in [0.15, 0.2) is 0 Å². The zero-order valence-electron chi connectivity index (χ0n) is 8.14. The van der Waals surface area contributed by atoms with Gasteiger partial charge in [-0.25, -0.2) is 4.79 Å². The summed E-state index contributed by atoms with van der Waals surface area (Å²) in [6, 6.07) is -1.46. The summed E-state index contributed by atoms with van der Waals surface area (Å²) < 4.78 is 0. The number of carbonyl (C=O) groups is 3. The van der Waals surface area contributed by atoms with Crippen molar-refractivity contribution in [1.82, 2.24) is 5.32 Å². The lowest BCUT2D eigenvalue weighted by molar-refractivity contribution is -0.147. The van der Waals surface area contributed by atoms with E-state index in [0.29, 0.717) is 0 Å². The van der Waals surface area contributed by atoms with Gasteiger partial charge < -0.3 is 20.6 Å². The Labute approximate surface area is 85.7 Å². The Morgan fingerprint density at radius 1 is 1.20 bits per heavy atom. The molecule has 86 valence electrons. The number of nitrogens with one attached hydrogen (secondary N) is 1. The number of carboxylic acid groups (broad SMARTS) is 2. The number of hydrogen-bond acceptors (Lipinski definition) is 4. The van der Waals surface area contributed by atoms with Crippen molar-refractivity contribution in [3.8, 4) is 0 Å². The molecule has 4 N–H and O–H groups in total. The molecule has 0 aromatic heterocycles. The molecule has 0 aromatic carbocycles. The third kappa shape index (κ3) is 6.44. The zero-order chi connectivity index (χ0) is 12.0. The molecule has 0 heterocycles. The Morgan fingerprint density at radius 3 is 2.07 bits per heavy atom. The molecule has 0 saturated carbocycles. The first-order chi connectivity index (χ1) is 6.82. The van der Waals surface area contributed by atoms with Gasteiger partial charge in [-0.1, -0.05) is 0 Å². The smallest absolute Gasteiger partial charge is 0.326 e. The highest BCUT2D eigenvalue weighted by molar-refractivity contribution is 5.86. The highest BCUT2D eigenvalue weighted by Crippen LogP contribution is 1.96. The summed E-state index contributed by atoms with van der Waals surface area (Å²) in [7, 11) is 0. The van der Waals surface area contributed by atoms with E-state index in [2.05, 4.69) is 0 Å². The quantitative estimate of drug-likeness (QED) is 0.445. The van der Waals surface area contributed by atoms with Crippen molar-refractivity contribution in [1.29, 1.82) is 0 Å². The zero-order valence-corrected chi connectivity index (χ0v) is 8.14. The van der Waals surface area contributed by atoms with Crippen molar-refractivity contribution in [2.75, 3.05) is 0 Å². The lowest BCUT2D eigenvalue weighted by Gasteiger charge is -2.12. The second kappa shape index (κ2) is 5.97. The molecule has 0 aromatic rings. The molecular formula is C8H13NO6. The molecule has 0 bridgehead atoms. The molecule has 0 radical (unpaired) electrons. The number of aliphatic hydroxyl groups is 1. The molecule has 0 spiro atoms. The third-order valence-corrected chi connectivity index (χ3v) is 1.49. The van der Waals surface area contributed by atoms with Crippen LogP contribution in [0.1, 0.15) is 19.8 Å². The molecule has 0 saturated heterocycles. The predicted molar refractivity (Wildman–Crippen MR) is 48.1 cm³/mol. The Balaban J connectivity index is 4.22. The third-order valence-electron chi connectivity index (χ3n) is 1.49. The van der Waals surface area contributed by atoms with Crippen LogP contribution in [0.4, 0.5) is 0 Å². The number of aliphatic carboxylic acids is 2. The Hall–Kier alpha value is -1.63. The van der Waals surface area contributed by atoms with Gasteiger partial charge in [-0.05, 0) is 6.92 Å². The Morgan fingerprint density at radius 2 is 1.73 bits per heavy atom. The first-order valence-corrected chi connectivity index (χ1v) is 4.25. The van der Waals surface area contributed by atoms with Crippen LogP contribution in [0.25, 0.3) is 0 Å². The fourth-order valence-electron chi connectivity index (χ4n) is 0.896. The van der Waals surface area contributed by atoms with Crippen LogP contribution in [-0.2, 0) is 14.4 Å². The standard InChI is InChI=1S/C8H13NO6/c1-4(10)2-6(11)9-5(8(14)15)3-7(12)13/h4-5,10H,2-3H2,1H3,(H,9,11)(H,12,13)(H,14,15)/t4?,5-/m0/s1. The van der Waals surface area contributed by atoms with Crippen molar-refractivity contribution in [2.45, 2.75) is 31.9 Å². The maximum absolute atomic E-state index is 11.0. The van der Waals surface area contributed by atoms with Gasteiger partial charge in [0.25, 0.3) is 0 Å². The van der Waals surface area contributed by atoms with Crippen LogP contribution >= 0.6 is 0 Å². The van der Waals surface area contributed by atoms with E-state index >= 15 is 0 Å². The molecule has 1 amide bonds. The van der Waals surface area contributed by atoms with Crippen LogP contribution in [0.2, 0.25) is 0 Å². The van der Waals surface area contributed by atoms with Gasteiger partial charge >= 0.3 is 11.9 Å². The van der Waals surface area contributed by atoms with Crippen LogP contribution < -0.4 is 5.32 Å². The molecule has 2 atom stereocenters. The van der Waals surface area contributed by atoms with Gasteiger partial charge in [-0.2, -0.15) is 0 Å². The molecule has 0 aliphatic heterocycles. The van der Waals surface area contributed by atoms with Crippen molar-refractivity contribution in [3.63, 3.8) is 0 Å². The summed E-state index contributed by atoms with van der Waals surface area (Å²) in [5.74, 6) is -3.44. The Bertz CT molecular complexity index is 262. The minimum atomic E-state index is -1.46. The van der Waals surface area contributed by atoms with E-state index in [0.717, 1.165) is 0 Å². The first kappa shape index (κ1) is 13.4. The summed E-state index contributed by atoms with van der Waals surface area (Å²) in [5, 5.41) is 27.8. The van der Waals surface area contributed by atoms with Gasteiger partial charge in [-0.3, -0.25) is 9.59 Å². The highest BCUT2D eigenvalue weighted by atomic mass is 16.4. The van der Waals surface area contributed by atoms with Gasteiger partial charge in [0.15, 0.2) is 0 Å². The maximum Gasteiger partial charge on any atom is 0.326 e. The molecule has 0 aliphatic rings. The topological polar surface area (TPSA) is 124 Å². The molecule has 0 aliphatic carbocycles. The number of hydrogen-bond donors (Lipinski definition) is 4. The molecule has 0 fully saturated rings. The van der Waals surface area contributed by atoms with Crippen LogP contribution in [0.3, 0.4) is 0 Å². The minimum absolute atomic E-state index is 0.261. The van der Waals surface area contributed by atoms with Gasteiger partial charge in [0, 0.05) is 0 Å². The second-order valence-electron chi connectivity index (χ2n) is 3.11. The number of aliphatic hydroxyl groups excluding tert-OH is 1. The molecule has 0 rings (SSSR count). The molecule has 1 unspecified atom stereocenters. The lowest BCUT2D eigenvalue weighted by atomic mass is 10.2. The van der Waals surface area contributed by atoms with Crippen LogP contribution in [-0.4, -0.2) is 45.3 Å². The molecule has 15 heavy (non-hydrogen) atoms. The molecule has 7 heteroatoms. The largest absolute Gasteiger partial charge is 0.481 e. The minimum Gasteiger partial charge on any atom is -0.481 e. The fourth-order valence-corrected chi connectivity index (χ4v) is 0.896. The van der Waals surface area contributed by atoms with E-state index in [1.807, 2.05) is 5.32 Å². The summed E-state index contributed by atoms with van der Waals surface area (Å²) in [5.41, 5.74) is 0. The molecule has 7 nitrogen and oxygen atoms in total. The van der Waals surface area contributed by atoms with E-state index in [4.69, 9.17) is 15.3 Å². The van der Waals surface area contributed by atoms with E-state index in [-0.39, 0.29) is 6.42 Å². The van der Waals surface area contributed by atoms with Crippen molar-refractivity contribution in [2.24, 2.45) is 0 Å². The fraction of sp³-hybridized carbons (Fsp3) is 0.625. The first-order valence-electron chi connectivity index (χ1n) is 4.25. The second-order valence-corrected chi connectivity index (χ2v) is 3.11. The predicted octanol–water partition coefficient (Wildman–Crippen LogP) is -1.20. The summed E-state index contributed by atoms with van der Waals surface area (Å²) in [6.07, 6.45) is -1.85. The van der Waals surface area contributed by atoms with Crippen molar-refractivity contribution >= 4 is 17.8 Å². The lowest BCUT2D eigenvalue weighted by Crippen LogP contribution is -2.43. The number of carboxylic acids is 2. The monoisotopic (exact) mass is 219 g/mol. The van der Waals surface area contributed by atoms with Crippen LogP contribution in [0.5, 0.6) is 0 Å². The normalized spacial score (nSPS) is 14.0. The highest BCUT2D eigenvalue weighted by Gasteiger charge is 2.23. The van der Waals surface area contributed by atoms with E-state index in [1.165, 1.54) is 6.92 Å². The van der Waals surface area contributed by atoms with Crippen molar-refractivity contribution in [3.05, 3.63) is 0 Å².